The van der Waals surface area contributed by atoms with Crippen molar-refractivity contribution in [1.82, 2.24) is 9.80 Å². The van der Waals surface area contributed by atoms with Crippen molar-refractivity contribution in [1.29, 1.82) is 0 Å². The molecule has 3 rings (SSSR count). The van der Waals surface area contributed by atoms with Crippen LogP contribution in [0.15, 0.2) is 42.5 Å². The molecule has 26 heavy (non-hydrogen) atoms. The molecule has 2 aromatic rings. The number of rotatable bonds is 3. The average Bonchev–Trinajstić information content (AvgIpc) is 2.69. The van der Waals surface area contributed by atoms with Crippen LogP contribution in [0.5, 0.6) is 5.75 Å². The number of halogens is 2. The number of amides is 2. The fourth-order valence-corrected chi connectivity index (χ4v) is 3.23. The number of benzene rings is 2. The van der Waals surface area contributed by atoms with E-state index in [-0.39, 0.29) is 11.8 Å². The molecule has 0 spiro atoms. The lowest BCUT2D eigenvalue weighted by molar-refractivity contribution is 0.0535. The van der Waals surface area contributed by atoms with Crippen LogP contribution in [0.3, 0.4) is 0 Å². The molecule has 0 saturated carbocycles. The summed E-state index contributed by atoms with van der Waals surface area (Å²) >= 11 is 12.1. The Labute approximate surface area is 162 Å². The highest BCUT2D eigenvalue weighted by Crippen LogP contribution is 2.23. The summed E-state index contributed by atoms with van der Waals surface area (Å²) in [5, 5.41) is 0.835. The van der Waals surface area contributed by atoms with Gasteiger partial charge in [0, 0.05) is 36.8 Å². The minimum absolute atomic E-state index is 0.0551. The monoisotopic (exact) mass is 392 g/mol. The maximum atomic E-state index is 12.7. The van der Waals surface area contributed by atoms with Gasteiger partial charge in [0.25, 0.3) is 11.8 Å². The lowest BCUT2D eigenvalue weighted by atomic mass is 10.1. The lowest BCUT2D eigenvalue weighted by Gasteiger charge is -2.35. The highest BCUT2D eigenvalue weighted by Gasteiger charge is 2.26. The number of hydrogen-bond acceptors (Lipinski definition) is 3. The van der Waals surface area contributed by atoms with Gasteiger partial charge in [0.1, 0.15) is 5.75 Å². The molecule has 0 radical (unpaired) electrons. The van der Waals surface area contributed by atoms with Crippen molar-refractivity contribution in [3.8, 4) is 5.75 Å². The number of ether oxygens (including phenoxy) is 1. The summed E-state index contributed by atoms with van der Waals surface area (Å²) in [5.74, 6) is 0.477. The zero-order chi connectivity index (χ0) is 18.7. The van der Waals surface area contributed by atoms with Crippen LogP contribution in [0.1, 0.15) is 20.7 Å². The number of methoxy groups -OCH3 is 1. The molecular weight excluding hydrogens is 375 g/mol. The first-order valence-electron chi connectivity index (χ1n) is 8.17. The van der Waals surface area contributed by atoms with Gasteiger partial charge in [-0.25, -0.2) is 0 Å². The first kappa shape index (κ1) is 18.5. The first-order valence-corrected chi connectivity index (χ1v) is 8.93. The van der Waals surface area contributed by atoms with Gasteiger partial charge in [-0.05, 0) is 42.5 Å². The van der Waals surface area contributed by atoms with Crippen molar-refractivity contribution in [3.05, 3.63) is 63.6 Å². The Morgan fingerprint density at radius 3 is 2.04 bits per heavy atom. The van der Waals surface area contributed by atoms with Gasteiger partial charge in [-0.15, -0.1) is 0 Å². The summed E-state index contributed by atoms with van der Waals surface area (Å²) in [6.45, 7) is 1.83. The molecule has 2 amide bonds. The SMILES string of the molecule is COc1ccc(C(=O)N2CCN(C(=O)c3cc(Cl)ccc3Cl)CC2)cc1. The third-order valence-corrected chi connectivity index (χ3v) is 4.91. The van der Waals surface area contributed by atoms with E-state index in [9.17, 15) is 9.59 Å². The average molecular weight is 393 g/mol. The van der Waals surface area contributed by atoms with E-state index >= 15 is 0 Å². The molecule has 0 aliphatic carbocycles. The molecule has 0 bridgehead atoms. The van der Waals surface area contributed by atoms with Crippen LogP contribution in [-0.4, -0.2) is 54.9 Å². The van der Waals surface area contributed by atoms with Crippen LogP contribution in [0.4, 0.5) is 0 Å². The second-order valence-corrected chi connectivity index (χ2v) is 6.78. The zero-order valence-electron chi connectivity index (χ0n) is 14.2. The quantitative estimate of drug-likeness (QED) is 0.801. The van der Waals surface area contributed by atoms with E-state index < -0.39 is 0 Å². The van der Waals surface area contributed by atoms with Gasteiger partial charge in [0.2, 0.25) is 0 Å². The molecule has 1 saturated heterocycles. The molecule has 0 N–H and O–H groups in total. The normalized spacial score (nSPS) is 14.3. The van der Waals surface area contributed by atoms with Gasteiger partial charge in [-0.1, -0.05) is 23.2 Å². The topological polar surface area (TPSA) is 49.9 Å². The minimum Gasteiger partial charge on any atom is -0.497 e. The Bertz CT molecular complexity index is 816. The number of carbonyl (C=O) groups is 2. The predicted octanol–water partition coefficient (Wildman–Crippen LogP) is 3.60. The standard InChI is InChI=1S/C19H18Cl2N2O3/c1-26-15-5-2-13(3-6-15)18(24)22-8-10-23(11-9-22)19(25)16-12-14(20)4-7-17(16)21/h2-7,12H,8-11H2,1H3. The Kier molecular flexibility index (Phi) is 5.69. The maximum Gasteiger partial charge on any atom is 0.255 e. The third-order valence-electron chi connectivity index (χ3n) is 4.35. The van der Waals surface area contributed by atoms with Gasteiger partial charge in [0.05, 0.1) is 17.7 Å². The van der Waals surface area contributed by atoms with E-state index in [0.29, 0.717) is 53.1 Å². The van der Waals surface area contributed by atoms with E-state index in [1.807, 2.05) is 0 Å². The lowest BCUT2D eigenvalue weighted by Crippen LogP contribution is -2.50. The Balaban J connectivity index is 1.64. The fourth-order valence-electron chi connectivity index (χ4n) is 2.86. The molecule has 136 valence electrons. The minimum atomic E-state index is -0.172. The number of nitrogens with zero attached hydrogens (tertiary/aromatic N) is 2. The van der Waals surface area contributed by atoms with Crippen molar-refractivity contribution in [3.63, 3.8) is 0 Å². The van der Waals surface area contributed by atoms with E-state index in [0.717, 1.165) is 0 Å². The van der Waals surface area contributed by atoms with Crippen LogP contribution in [0.25, 0.3) is 0 Å². The van der Waals surface area contributed by atoms with Crippen LogP contribution in [0, 0.1) is 0 Å². The van der Waals surface area contributed by atoms with E-state index in [4.69, 9.17) is 27.9 Å². The molecule has 5 nitrogen and oxygen atoms in total. The highest BCUT2D eigenvalue weighted by molar-refractivity contribution is 6.35. The Morgan fingerprint density at radius 1 is 0.885 bits per heavy atom. The fraction of sp³-hybridized carbons (Fsp3) is 0.263. The van der Waals surface area contributed by atoms with E-state index in [1.54, 1.807) is 59.4 Å². The van der Waals surface area contributed by atoms with Gasteiger partial charge < -0.3 is 14.5 Å². The summed E-state index contributed by atoms with van der Waals surface area (Å²) in [6, 6.07) is 11.8. The van der Waals surface area contributed by atoms with Gasteiger partial charge in [0.15, 0.2) is 0 Å². The van der Waals surface area contributed by atoms with Crippen LogP contribution in [-0.2, 0) is 0 Å². The van der Waals surface area contributed by atoms with Crippen molar-refractivity contribution >= 4 is 35.0 Å². The molecule has 7 heteroatoms. The molecule has 1 heterocycles. The third kappa shape index (κ3) is 3.94. The Hall–Kier alpha value is -2.24. The summed E-state index contributed by atoms with van der Waals surface area (Å²) in [4.78, 5) is 28.7. The van der Waals surface area contributed by atoms with Gasteiger partial charge in [-0.3, -0.25) is 9.59 Å². The summed E-state index contributed by atoms with van der Waals surface area (Å²) < 4.78 is 5.11. The van der Waals surface area contributed by atoms with Crippen molar-refractivity contribution in [2.75, 3.05) is 33.3 Å². The number of hydrogen-bond donors (Lipinski definition) is 0. The first-order chi connectivity index (χ1) is 12.5. The maximum absolute atomic E-state index is 12.7. The van der Waals surface area contributed by atoms with Crippen LogP contribution in [0.2, 0.25) is 10.0 Å². The zero-order valence-corrected chi connectivity index (χ0v) is 15.8. The second kappa shape index (κ2) is 7.98. The van der Waals surface area contributed by atoms with E-state index in [1.165, 1.54) is 0 Å². The molecule has 1 aliphatic heterocycles. The van der Waals surface area contributed by atoms with E-state index in [2.05, 4.69) is 0 Å². The predicted molar refractivity (Wildman–Crippen MR) is 101 cm³/mol. The van der Waals surface area contributed by atoms with Crippen LogP contribution >= 0.6 is 23.2 Å². The smallest absolute Gasteiger partial charge is 0.255 e. The molecule has 1 fully saturated rings. The highest BCUT2D eigenvalue weighted by atomic mass is 35.5. The van der Waals surface area contributed by atoms with Crippen molar-refractivity contribution < 1.29 is 14.3 Å². The van der Waals surface area contributed by atoms with Crippen LogP contribution < -0.4 is 4.74 Å². The van der Waals surface area contributed by atoms with Gasteiger partial charge >= 0.3 is 0 Å². The second-order valence-electron chi connectivity index (χ2n) is 5.94. The molecule has 0 unspecified atom stereocenters. The van der Waals surface area contributed by atoms with Gasteiger partial charge in [-0.2, -0.15) is 0 Å². The summed E-state index contributed by atoms with van der Waals surface area (Å²) in [5.41, 5.74) is 0.984. The number of carbonyl (C=O) groups excluding carboxylic acids is 2. The molecule has 0 atom stereocenters. The molecule has 2 aromatic carbocycles. The number of piperazine rings is 1. The van der Waals surface area contributed by atoms with Crippen molar-refractivity contribution in [2.45, 2.75) is 0 Å². The molecular formula is C19H18Cl2N2O3. The van der Waals surface area contributed by atoms with Crippen molar-refractivity contribution in [2.24, 2.45) is 0 Å². The Morgan fingerprint density at radius 2 is 1.46 bits per heavy atom. The molecule has 0 aromatic heterocycles. The largest absolute Gasteiger partial charge is 0.497 e. The summed E-state index contributed by atoms with van der Waals surface area (Å²) in [6.07, 6.45) is 0. The molecule has 1 aliphatic rings. The summed E-state index contributed by atoms with van der Waals surface area (Å²) in [7, 11) is 1.58.